The molecular formula is C10H20N2. The average molecular weight is 168 g/mol. The first-order chi connectivity index (χ1) is 5.66. The zero-order chi connectivity index (χ0) is 9.40. The van der Waals surface area contributed by atoms with Crippen LogP contribution in [0.3, 0.4) is 0 Å². The smallest absolute Gasteiger partial charge is 0.0596 e. The van der Waals surface area contributed by atoms with Crippen LogP contribution in [0.5, 0.6) is 0 Å². The minimum absolute atomic E-state index is 0.336. The van der Waals surface area contributed by atoms with Crippen LogP contribution in [0.1, 0.15) is 26.2 Å². The second-order valence-electron chi connectivity index (χ2n) is 3.41. The van der Waals surface area contributed by atoms with Gasteiger partial charge in [-0.25, -0.2) is 0 Å². The van der Waals surface area contributed by atoms with Crippen molar-refractivity contribution in [3.05, 3.63) is 0 Å². The molecule has 12 heavy (non-hydrogen) atoms. The molecule has 0 bridgehead atoms. The Morgan fingerprint density at radius 3 is 2.67 bits per heavy atom. The van der Waals surface area contributed by atoms with Gasteiger partial charge in [0.1, 0.15) is 0 Å². The fraction of sp³-hybridized carbons (Fsp3) is 0.800. The topological polar surface area (TPSA) is 29.3 Å². The maximum atomic E-state index is 5.62. The van der Waals surface area contributed by atoms with Gasteiger partial charge in [-0.05, 0) is 33.4 Å². The molecule has 1 unspecified atom stereocenters. The summed E-state index contributed by atoms with van der Waals surface area (Å²) in [5, 5.41) is 0. The number of nitrogens with two attached hydrogens (primary N) is 1. The van der Waals surface area contributed by atoms with Gasteiger partial charge in [-0.1, -0.05) is 12.3 Å². The highest BCUT2D eigenvalue weighted by Gasteiger charge is 1.97. The van der Waals surface area contributed by atoms with E-state index in [1.54, 1.807) is 0 Å². The van der Waals surface area contributed by atoms with Crippen molar-refractivity contribution in [2.24, 2.45) is 5.73 Å². The lowest BCUT2D eigenvalue weighted by molar-refractivity contribution is 0.360. The number of terminal acetylenes is 1. The summed E-state index contributed by atoms with van der Waals surface area (Å²) in [6.45, 7) is 3.88. The molecule has 0 aliphatic heterocycles. The quantitative estimate of drug-likeness (QED) is 0.475. The molecule has 0 amide bonds. The van der Waals surface area contributed by atoms with Gasteiger partial charge in [0.2, 0.25) is 0 Å². The Morgan fingerprint density at radius 2 is 2.17 bits per heavy atom. The maximum absolute atomic E-state index is 5.62. The number of hydrogen-bond donors (Lipinski definition) is 1. The van der Waals surface area contributed by atoms with E-state index in [-0.39, 0.29) is 0 Å². The predicted octanol–water partition coefficient (Wildman–Crippen LogP) is 1.07. The molecule has 0 spiro atoms. The van der Waals surface area contributed by atoms with Crippen molar-refractivity contribution in [2.75, 3.05) is 20.1 Å². The van der Waals surface area contributed by atoms with Crippen LogP contribution in [0.25, 0.3) is 0 Å². The van der Waals surface area contributed by atoms with Crippen LogP contribution in [0.15, 0.2) is 0 Å². The Morgan fingerprint density at radius 1 is 1.50 bits per heavy atom. The summed E-state index contributed by atoms with van der Waals surface area (Å²) in [4.78, 5) is 2.15. The molecule has 0 aliphatic carbocycles. The second-order valence-corrected chi connectivity index (χ2v) is 3.41. The lowest BCUT2D eigenvalue weighted by Gasteiger charge is -2.12. The summed E-state index contributed by atoms with van der Waals surface area (Å²) in [6, 6.07) is 0.336. The normalized spacial score (nSPS) is 12.9. The molecule has 0 heterocycles. The van der Waals surface area contributed by atoms with Crippen LogP contribution in [0.2, 0.25) is 0 Å². The number of hydrogen-bond acceptors (Lipinski definition) is 2. The Labute approximate surface area is 76.1 Å². The van der Waals surface area contributed by atoms with Gasteiger partial charge in [-0.15, -0.1) is 6.42 Å². The van der Waals surface area contributed by atoms with E-state index in [4.69, 9.17) is 12.2 Å². The van der Waals surface area contributed by atoms with Crippen molar-refractivity contribution < 1.29 is 0 Å². The molecule has 0 aliphatic rings. The molecule has 0 aromatic heterocycles. The first-order valence-electron chi connectivity index (χ1n) is 4.54. The zero-order valence-corrected chi connectivity index (χ0v) is 8.21. The molecule has 0 fully saturated rings. The van der Waals surface area contributed by atoms with Crippen LogP contribution in [-0.2, 0) is 0 Å². The fourth-order valence-corrected chi connectivity index (χ4v) is 1.08. The van der Waals surface area contributed by atoms with Gasteiger partial charge < -0.3 is 5.73 Å². The van der Waals surface area contributed by atoms with Crippen molar-refractivity contribution in [2.45, 2.75) is 32.2 Å². The van der Waals surface area contributed by atoms with Gasteiger partial charge in [0.25, 0.3) is 0 Å². The first-order valence-corrected chi connectivity index (χ1v) is 4.54. The van der Waals surface area contributed by atoms with Crippen LogP contribution < -0.4 is 5.73 Å². The molecule has 2 nitrogen and oxygen atoms in total. The molecule has 0 radical (unpaired) electrons. The Bertz CT molecular complexity index is 135. The van der Waals surface area contributed by atoms with Gasteiger partial charge in [-0.3, -0.25) is 4.90 Å². The van der Waals surface area contributed by atoms with Crippen molar-refractivity contribution in [1.82, 2.24) is 4.90 Å². The zero-order valence-electron chi connectivity index (χ0n) is 8.21. The standard InChI is InChI=1S/C10H20N2/c1-4-8-12(3)9-6-5-7-10(2)11/h1,10H,5-9,11H2,2-3H3. The molecular weight excluding hydrogens is 148 g/mol. The van der Waals surface area contributed by atoms with Gasteiger partial charge in [-0.2, -0.15) is 0 Å². The van der Waals surface area contributed by atoms with Crippen LogP contribution in [0.4, 0.5) is 0 Å². The highest BCUT2D eigenvalue weighted by Crippen LogP contribution is 1.99. The molecule has 0 aromatic carbocycles. The monoisotopic (exact) mass is 168 g/mol. The van der Waals surface area contributed by atoms with Crippen LogP contribution in [-0.4, -0.2) is 31.1 Å². The number of unbranched alkanes of at least 4 members (excludes halogenated alkanes) is 1. The van der Waals surface area contributed by atoms with Gasteiger partial charge in [0.15, 0.2) is 0 Å². The third-order valence-electron chi connectivity index (χ3n) is 1.81. The van der Waals surface area contributed by atoms with E-state index in [2.05, 4.69) is 10.8 Å². The minimum atomic E-state index is 0.336. The van der Waals surface area contributed by atoms with E-state index in [0.29, 0.717) is 6.04 Å². The molecule has 2 heteroatoms. The van der Waals surface area contributed by atoms with Crippen LogP contribution >= 0.6 is 0 Å². The van der Waals surface area contributed by atoms with Gasteiger partial charge in [0, 0.05) is 6.04 Å². The predicted molar refractivity (Wildman–Crippen MR) is 53.8 cm³/mol. The van der Waals surface area contributed by atoms with E-state index in [0.717, 1.165) is 19.5 Å². The van der Waals surface area contributed by atoms with Crippen molar-refractivity contribution in [3.8, 4) is 12.3 Å². The third-order valence-corrected chi connectivity index (χ3v) is 1.81. The van der Waals surface area contributed by atoms with Crippen molar-refractivity contribution >= 4 is 0 Å². The summed E-state index contributed by atoms with van der Waals surface area (Å²) < 4.78 is 0. The molecule has 0 saturated heterocycles. The van der Waals surface area contributed by atoms with E-state index in [1.165, 1.54) is 12.8 Å². The van der Waals surface area contributed by atoms with Crippen molar-refractivity contribution in [3.63, 3.8) is 0 Å². The minimum Gasteiger partial charge on any atom is -0.328 e. The van der Waals surface area contributed by atoms with Gasteiger partial charge in [0.05, 0.1) is 6.54 Å². The molecule has 2 N–H and O–H groups in total. The molecule has 70 valence electrons. The maximum Gasteiger partial charge on any atom is 0.0596 e. The summed E-state index contributed by atoms with van der Waals surface area (Å²) in [5.41, 5.74) is 5.62. The summed E-state index contributed by atoms with van der Waals surface area (Å²) in [5.74, 6) is 2.62. The molecule has 1 atom stereocenters. The molecule has 0 aromatic rings. The third kappa shape index (κ3) is 7.59. The van der Waals surface area contributed by atoms with Gasteiger partial charge >= 0.3 is 0 Å². The largest absolute Gasteiger partial charge is 0.328 e. The highest BCUT2D eigenvalue weighted by molar-refractivity contribution is 4.86. The fourth-order valence-electron chi connectivity index (χ4n) is 1.08. The SMILES string of the molecule is C#CCN(C)CCCCC(C)N. The summed E-state index contributed by atoms with van der Waals surface area (Å²) >= 11 is 0. The molecule has 0 saturated carbocycles. The van der Waals surface area contributed by atoms with E-state index < -0.39 is 0 Å². The van der Waals surface area contributed by atoms with Crippen LogP contribution in [0, 0.1) is 12.3 Å². The Balaban J connectivity index is 3.15. The average Bonchev–Trinajstić information content (AvgIpc) is 1.98. The van der Waals surface area contributed by atoms with E-state index in [1.807, 2.05) is 14.0 Å². The Kier molecular flexibility index (Phi) is 6.84. The summed E-state index contributed by atoms with van der Waals surface area (Å²) in [7, 11) is 2.05. The first kappa shape index (κ1) is 11.5. The Hall–Kier alpha value is -0.520. The number of rotatable bonds is 6. The van der Waals surface area contributed by atoms with E-state index in [9.17, 15) is 0 Å². The lowest BCUT2D eigenvalue weighted by Crippen LogP contribution is -2.20. The lowest BCUT2D eigenvalue weighted by atomic mass is 10.1. The second kappa shape index (κ2) is 7.15. The molecule has 0 rings (SSSR count). The van der Waals surface area contributed by atoms with Crippen molar-refractivity contribution in [1.29, 1.82) is 0 Å². The number of nitrogens with zero attached hydrogens (tertiary/aromatic N) is 1. The highest BCUT2D eigenvalue weighted by atomic mass is 15.1. The summed E-state index contributed by atoms with van der Waals surface area (Å²) in [6.07, 6.45) is 8.68. The van der Waals surface area contributed by atoms with E-state index >= 15 is 0 Å².